The molecule has 0 spiro atoms. The van der Waals surface area contributed by atoms with Crippen molar-refractivity contribution in [3.8, 4) is 0 Å². The third-order valence-electron chi connectivity index (χ3n) is 3.31. The molecule has 0 radical (unpaired) electrons. The zero-order chi connectivity index (χ0) is 13.8. The number of ether oxygens (including phenoxy) is 1. The van der Waals surface area contributed by atoms with Gasteiger partial charge in [-0.2, -0.15) is 0 Å². The van der Waals surface area contributed by atoms with Crippen LogP contribution in [0.15, 0.2) is 12.3 Å². The van der Waals surface area contributed by atoms with E-state index in [1.54, 1.807) is 12.3 Å². The first-order valence-corrected chi connectivity index (χ1v) is 6.39. The monoisotopic (exact) mass is 264 g/mol. The van der Waals surface area contributed by atoms with Crippen molar-refractivity contribution in [3.63, 3.8) is 0 Å². The number of likely N-dealkylation sites (N-methyl/N-ethyl adjacent to an activating group) is 1. The highest BCUT2D eigenvalue weighted by molar-refractivity contribution is 5.95. The van der Waals surface area contributed by atoms with Crippen LogP contribution in [0.2, 0.25) is 0 Å². The first-order chi connectivity index (χ1) is 9.11. The molecule has 0 atom stereocenters. The smallest absolute Gasteiger partial charge is 0.341 e. The summed E-state index contributed by atoms with van der Waals surface area (Å²) >= 11 is 0. The zero-order valence-corrected chi connectivity index (χ0v) is 11.4. The third kappa shape index (κ3) is 3.14. The number of esters is 1. The molecule has 1 fully saturated rings. The maximum atomic E-state index is 11.8. The third-order valence-corrected chi connectivity index (χ3v) is 3.31. The molecular formula is C13H20N4O2. The van der Waals surface area contributed by atoms with Crippen molar-refractivity contribution >= 4 is 17.5 Å². The highest BCUT2D eigenvalue weighted by Gasteiger charge is 2.21. The average Bonchev–Trinajstić information content (AvgIpc) is 2.62. The van der Waals surface area contributed by atoms with Gasteiger partial charge in [-0.1, -0.05) is 0 Å². The number of carbonyl (C=O) groups is 1. The van der Waals surface area contributed by atoms with E-state index in [0.717, 1.165) is 32.6 Å². The number of nitrogens with two attached hydrogens (primary N) is 1. The molecule has 2 heterocycles. The number of hydrogen-bond donors (Lipinski definition) is 1. The number of nitrogen functional groups attached to an aromatic ring is 1. The van der Waals surface area contributed by atoms with E-state index in [4.69, 9.17) is 10.5 Å². The van der Waals surface area contributed by atoms with Crippen LogP contribution < -0.4 is 10.6 Å². The number of anilines is 2. The summed E-state index contributed by atoms with van der Waals surface area (Å²) in [7, 11) is 3.46. The molecule has 1 aromatic heterocycles. The Hall–Kier alpha value is -1.82. The Kier molecular flexibility index (Phi) is 4.21. The second-order valence-electron chi connectivity index (χ2n) is 4.78. The van der Waals surface area contributed by atoms with Crippen LogP contribution in [0.5, 0.6) is 0 Å². The molecule has 2 rings (SSSR count). The van der Waals surface area contributed by atoms with E-state index in [0.29, 0.717) is 17.1 Å². The summed E-state index contributed by atoms with van der Waals surface area (Å²) in [5.41, 5.74) is 6.61. The Morgan fingerprint density at radius 2 is 2.16 bits per heavy atom. The lowest BCUT2D eigenvalue weighted by Crippen LogP contribution is -2.31. The Balaban J connectivity index is 2.30. The van der Waals surface area contributed by atoms with Crippen LogP contribution in [0, 0.1) is 0 Å². The molecule has 6 heteroatoms. The summed E-state index contributed by atoms with van der Waals surface area (Å²) in [5.74, 6) is 0.267. The van der Waals surface area contributed by atoms with Crippen LogP contribution in [-0.2, 0) is 4.74 Å². The molecule has 1 aliphatic heterocycles. The van der Waals surface area contributed by atoms with Crippen LogP contribution in [0.4, 0.5) is 11.5 Å². The normalized spacial score (nSPS) is 17.1. The van der Waals surface area contributed by atoms with Gasteiger partial charge in [0.1, 0.15) is 11.4 Å². The molecular weight excluding hydrogens is 244 g/mol. The Morgan fingerprint density at radius 3 is 2.89 bits per heavy atom. The van der Waals surface area contributed by atoms with E-state index >= 15 is 0 Å². The van der Waals surface area contributed by atoms with Crippen molar-refractivity contribution in [2.45, 2.75) is 6.42 Å². The van der Waals surface area contributed by atoms with Crippen molar-refractivity contribution in [1.29, 1.82) is 0 Å². The van der Waals surface area contributed by atoms with Gasteiger partial charge in [0.15, 0.2) is 0 Å². The molecule has 0 aliphatic carbocycles. The van der Waals surface area contributed by atoms with E-state index in [-0.39, 0.29) is 0 Å². The Labute approximate surface area is 113 Å². The Bertz CT molecular complexity index is 464. The average molecular weight is 264 g/mol. The van der Waals surface area contributed by atoms with Crippen LogP contribution in [0.25, 0.3) is 0 Å². The largest absolute Gasteiger partial charge is 0.465 e. The summed E-state index contributed by atoms with van der Waals surface area (Å²) in [5, 5.41) is 0. The second-order valence-corrected chi connectivity index (χ2v) is 4.78. The fraction of sp³-hybridized carbons (Fsp3) is 0.538. The number of hydrogen-bond acceptors (Lipinski definition) is 6. The highest BCUT2D eigenvalue weighted by Crippen LogP contribution is 2.22. The molecule has 0 saturated carbocycles. The van der Waals surface area contributed by atoms with Crippen molar-refractivity contribution in [2.75, 3.05) is 51.0 Å². The number of aromatic nitrogens is 1. The lowest BCUT2D eigenvalue weighted by atomic mass is 10.2. The highest BCUT2D eigenvalue weighted by atomic mass is 16.5. The molecule has 1 saturated heterocycles. The maximum absolute atomic E-state index is 11.8. The number of carbonyl (C=O) groups excluding carboxylic acids is 1. The van der Waals surface area contributed by atoms with Gasteiger partial charge in [0.2, 0.25) is 0 Å². The van der Waals surface area contributed by atoms with Gasteiger partial charge >= 0.3 is 5.97 Å². The molecule has 1 aliphatic rings. The minimum absolute atomic E-state index is 0.396. The standard InChI is InChI=1S/C13H20N4O2/c1-16-4-3-5-17(7-6-16)12-11(13(18)19-2)8-10(14)9-15-12/h8-9H,3-7,14H2,1-2H3. The lowest BCUT2D eigenvalue weighted by molar-refractivity contribution is 0.0601. The predicted octanol–water partition coefficient (Wildman–Crippen LogP) is 0.592. The van der Waals surface area contributed by atoms with Crippen LogP contribution >= 0.6 is 0 Å². The summed E-state index contributed by atoms with van der Waals surface area (Å²) in [6.45, 7) is 3.73. The topological polar surface area (TPSA) is 71.7 Å². The van der Waals surface area contributed by atoms with Gasteiger partial charge in [0.25, 0.3) is 0 Å². The zero-order valence-electron chi connectivity index (χ0n) is 11.4. The van der Waals surface area contributed by atoms with Gasteiger partial charge < -0.3 is 20.3 Å². The summed E-state index contributed by atoms with van der Waals surface area (Å²) in [4.78, 5) is 20.5. The summed E-state index contributed by atoms with van der Waals surface area (Å²) in [6.07, 6.45) is 2.62. The quantitative estimate of drug-likeness (QED) is 0.788. The predicted molar refractivity (Wildman–Crippen MR) is 74.3 cm³/mol. The summed E-state index contributed by atoms with van der Waals surface area (Å²) in [6, 6.07) is 1.63. The SMILES string of the molecule is COC(=O)c1cc(N)cnc1N1CCCN(C)CC1. The minimum Gasteiger partial charge on any atom is -0.465 e. The molecule has 6 nitrogen and oxygen atoms in total. The lowest BCUT2D eigenvalue weighted by Gasteiger charge is -2.23. The fourth-order valence-corrected chi connectivity index (χ4v) is 2.24. The molecule has 0 unspecified atom stereocenters. The Morgan fingerprint density at radius 1 is 1.37 bits per heavy atom. The molecule has 104 valence electrons. The second kappa shape index (κ2) is 5.88. The van der Waals surface area contributed by atoms with Crippen molar-refractivity contribution < 1.29 is 9.53 Å². The van der Waals surface area contributed by atoms with E-state index in [2.05, 4.69) is 21.8 Å². The first-order valence-electron chi connectivity index (χ1n) is 6.39. The molecule has 2 N–H and O–H groups in total. The van der Waals surface area contributed by atoms with Gasteiger partial charge in [-0.3, -0.25) is 0 Å². The van der Waals surface area contributed by atoms with Crippen LogP contribution in [0.3, 0.4) is 0 Å². The van der Waals surface area contributed by atoms with E-state index < -0.39 is 5.97 Å². The molecule has 1 aromatic rings. The molecule has 0 bridgehead atoms. The van der Waals surface area contributed by atoms with Crippen LogP contribution in [-0.4, -0.2) is 56.2 Å². The van der Waals surface area contributed by atoms with Crippen molar-refractivity contribution in [1.82, 2.24) is 9.88 Å². The fourth-order valence-electron chi connectivity index (χ4n) is 2.24. The van der Waals surface area contributed by atoms with Crippen LogP contribution in [0.1, 0.15) is 16.8 Å². The van der Waals surface area contributed by atoms with E-state index in [1.807, 2.05) is 0 Å². The maximum Gasteiger partial charge on any atom is 0.341 e. The number of pyridine rings is 1. The van der Waals surface area contributed by atoms with E-state index in [1.165, 1.54) is 7.11 Å². The molecule has 0 aromatic carbocycles. The van der Waals surface area contributed by atoms with E-state index in [9.17, 15) is 4.79 Å². The summed E-state index contributed by atoms with van der Waals surface area (Å²) < 4.78 is 4.80. The van der Waals surface area contributed by atoms with Gasteiger partial charge in [0.05, 0.1) is 19.0 Å². The van der Waals surface area contributed by atoms with Gasteiger partial charge in [-0.15, -0.1) is 0 Å². The molecule has 0 amide bonds. The van der Waals surface area contributed by atoms with Crippen molar-refractivity contribution in [3.05, 3.63) is 17.8 Å². The number of rotatable bonds is 2. The number of nitrogens with zero attached hydrogens (tertiary/aromatic N) is 3. The van der Waals surface area contributed by atoms with Gasteiger partial charge in [-0.25, -0.2) is 9.78 Å². The number of methoxy groups -OCH3 is 1. The van der Waals surface area contributed by atoms with Gasteiger partial charge in [-0.05, 0) is 26.1 Å². The molecule has 19 heavy (non-hydrogen) atoms. The first kappa shape index (κ1) is 13.6. The minimum atomic E-state index is -0.396. The van der Waals surface area contributed by atoms with Crippen molar-refractivity contribution in [2.24, 2.45) is 0 Å². The van der Waals surface area contributed by atoms with Gasteiger partial charge in [0, 0.05) is 19.6 Å².